The van der Waals surface area contributed by atoms with Gasteiger partial charge < -0.3 is 19.9 Å². The minimum Gasteiger partial charge on any atom is -0.450 e. The zero-order valence-corrected chi connectivity index (χ0v) is 13.5. The van der Waals surface area contributed by atoms with Gasteiger partial charge >= 0.3 is 6.09 Å². The molecule has 1 heterocycles. The first kappa shape index (κ1) is 16.6. The molecule has 2 aliphatic rings. The predicted molar refractivity (Wildman–Crippen MR) is 80.1 cm³/mol. The normalized spacial score (nSPS) is 24.2. The lowest BCUT2D eigenvalue weighted by Crippen LogP contribution is -2.51. The van der Waals surface area contributed by atoms with Gasteiger partial charge in [0.25, 0.3) is 0 Å². The van der Waals surface area contributed by atoms with Gasteiger partial charge in [-0.05, 0) is 27.2 Å². The Morgan fingerprint density at radius 2 is 1.68 bits per heavy atom. The molecule has 2 unspecified atom stereocenters. The number of amides is 3. The van der Waals surface area contributed by atoms with Crippen molar-refractivity contribution in [2.75, 3.05) is 32.8 Å². The average molecular weight is 311 g/mol. The van der Waals surface area contributed by atoms with Gasteiger partial charge in [-0.2, -0.15) is 0 Å². The van der Waals surface area contributed by atoms with Gasteiger partial charge in [-0.25, -0.2) is 4.79 Å². The van der Waals surface area contributed by atoms with Crippen molar-refractivity contribution in [1.82, 2.24) is 15.1 Å². The zero-order valence-electron chi connectivity index (χ0n) is 13.5. The first-order chi connectivity index (χ1) is 10.4. The van der Waals surface area contributed by atoms with Crippen LogP contribution in [-0.2, 0) is 14.3 Å². The molecule has 1 saturated carbocycles. The fourth-order valence-electron chi connectivity index (χ4n) is 2.71. The molecule has 0 aromatic carbocycles. The lowest BCUT2D eigenvalue weighted by Gasteiger charge is -2.34. The van der Waals surface area contributed by atoms with E-state index < -0.39 is 0 Å². The number of nitrogens with one attached hydrogen (secondary N) is 1. The number of hydrogen-bond donors (Lipinski definition) is 1. The number of carbonyl (C=O) groups excluding carboxylic acids is 3. The Balaban J connectivity index is 1.77. The summed E-state index contributed by atoms with van der Waals surface area (Å²) in [6, 6.07) is 0.0944. The first-order valence-electron chi connectivity index (χ1n) is 7.94. The quantitative estimate of drug-likeness (QED) is 0.817. The molecule has 1 aliphatic carbocycles. The molecule has 1 saturated heterocycles. The Hall–Kier alpha value is -1.79. The molecule has 0 spiro atoms. The van der Waals surface area contributed by atoms with Crippen molar-refractivity contribution < 1.29 is 19.1 Å². The van der Waals surface area contributed by atoms with Crippen LogP contribution in [-0.4, -0.2) is 66.5 Å². The van der Waals surface area contributed by atoms with Crippen LogP contribution in [0.1, 0.15) is 27.2 Å². The molecule has 0 radical (unpaired) electrons. The van der Waals surface area contributed by atoms with Crippen LogP contribution in [0.3, 0.4) is 0 Å². The Morgan fingerprint density at radius 1 is 1.09 bits per heavy atom. The molecule has 7 nitrogen and oxygen atoms in total. The molecule has 2 fully saturated rings. The van der Waals surface area contributed by atoms with Crippen LogP contribution in [0.5, 0.6) is 0 Å². The summed E-state index contributed by atoms with van der Waals surface area (Å²) in [7, 11) is 0. The summed E-state index contributed by atoms with van der Waals surface area (Å²) in [4.78, 5) is 39.2. The molecule has 7 heteroatoms. The maximum Gasteiger partial charge on any atom is 0.409 e. The molecule has 2 rings (SSSR count). The molecule has 2 atom stereocenters. The number of rotatable bonds is 4. The van der Waals surface area contributed by atoms with E-state index in [2.05, 4.69) is 5.32 Å². The molecule has 3 amide bonds. The molecule has 1 aliphatic heterocycles. The van der Waals surface area contributed by atoms with E-state index in [0.717, 1.165) is 0 Å². The third-order valence-electron chi connectivity index (χ3n) is 3.99. The summed E-state index contributed by atoms with van der Waals surface area (Å²) in [5.41, 5.74) is 0. The predicted octanol–water partition coefficient (Wildman–Crippen LogP) is 0.448. The largest absolute Gasteiger partial charge is 0.450 e. The Morgan fingerprint density at radius 3 is 2.23 bits per heavy atom. The zero-order chi connectivity index (χ0) is 16.3. The summed E-state index contributed by atoms with van der Waals surface area (Å²) in [6.45, 7) is 7.93. The Labute approximate surface area is 131 Å². The Kier molecular flexibility index (Phi) is 5.26. The topological polar surface area (TPSA) is 79.0 Å². The second-order valence-corrected chi connectivity index (χ2v) is 6.12. The van der Waals surface area contributed by atoms with Crippen molar-refractivity contribution in [2.45, 2.75) is 33.2 Å². The standard InChI is InChI=1S/C15H25N3O4/c1-4-22-15(21)18-7-5-17(6-8-18)14(20)12-9-11(12)13(19)16-10(2)3/h10-12H,4-9H2,1-3H3,(H,16,19). The second kappa shape index (κ2) is 6.98. The van der Waals surface area contributed by atoms with Crippen LogP contribution in [0, 0.1) is 11.8 Å². The van der Waals surface area contributed by atoms with E-state index >= 15 is 0 Å². The highest BCUT2D eigenvalue weighted by atomic mass is 16.6. The molecule has 1 N–H and O–H groups in total. The Bertz CT molecular complexity index is 444. The highest BCUT2D eigenvalue weighted by Crippen LogP contribution is 2.40. The summed E-state index contributed by atoms with van der Waals surface area (Å²) in [5.74, 6) is -0.364. The van der Waals surface area contributed by atoms with Gasteiger partial charge in [0.05, 0.1) is 18.4 Å². The van der Waals surface area contributed by atoms with Crippen molar-refractivity contribution in [3.63, 3.8) is 0 Å². The van der Waals surface area contributed by atoms with Gasteiger partial charge in [-0.3, -0.25) is 9.59 Å². The summed E-state index contributed by atoms with van der Waals surface area (Å²) >= 11 is 0. The maximum absolute atomic E-state index is 12.4. The van der Waals surface area contributed by atoms with Crippen molar-refractivity contribution in [2.24, 2.45) is 11.8 Å². The van der Waals surface area contributed by atoms with Crippen LogP contribution >= 0.6 is 0 Å². The van der Waals surface area contributed by atoms with Crippen LogP contribution in [0.2, 0.25) is 0 Å². The molecule has 0 bridgehead atoms. The number of ether oxygens (including phenoxy) is 1. The summed E-state index contributed by atoms with van der Waals surface area (Å²) < 4.78 is 4.95. The third-order valence-corrected chi connectivity index (χ3v) is 3.99. The van der Waals surface area contributed by atoms with Crippen molar-refractivity contribution >= 4 is 17.9 Å². The van der Waals surface area contributed by atoms with Crippen molar-refractivity contribution in [1.29, 1.82) is 0 Å². The highest BCUT2D eigenvalue weighted by Gasteiger charge is 2.49. The first-order valence-corrected chi connectivity index (χ1v) is 7.94. The summed E-state index contributed by atoms with van der Waals surface area (Å²) in [5, 5.41) is 2.85. The average Bonchev–Trinajstić information content (AvgIpc) is 3.27. The van der Waals surface area contributed by atoms with Gasteiger partial charge in [0.1, 0.15) is 0 Å². The van der Waals surface area contributed by atoms with Crippen molar-refractivity contribution in [3.8, 4) is 0 Å². The third kappa shape index (κ3) is 3.90. The molecule has 0 aromatic rings. The molecular weight excluding hydrogens is 286 g/mol. The van der Waals surface area contributed by atoms with E-state index in [1.54, 1.807) is 16.7 Å². The lowest BCUT2D eigenvalue weighted by molar-refractivity contribution is -0.136. The number of hydrogen-bond acceptors (Lipinski definition) is 4. The van der Waals surface area contributed by atoms with E-state index in [1.807, 2.05) is 13.8 Å². The van der Waals surface area contributed by atoms with Gasteiger partial charge in [0.2, 0.25) is 11.8 Å². The minimum atomic E-state index is -0.324. The minimum absolute atomic E-state index is 0.0292. The van der Waals surface area contributed by atoms with Gasteiger partial charge in [0.15, 0.2) is 0 Å². The van der Waals surface area contributed by atoms with Gasteiger partial charge in [-0.15, -0.1) is 0 Å². The van der Waals surface area contributed by atoms with Gasteiger partial charge in [-0.1, -0.05) is 0 Å². The van der Waals surface area contributed by atoms with Crippen LogP contribution in [0.15, 0.2) is 0 Å². The fourth-order valence-corrected chi connectivity index (χ4v) is 2.71. The van der Waals surface area contributed by atoms with Gasteiger partial charge in [0, 0.05) is 32.2 Å². The monoisotopic (exact) mass is 311 g/mol. The molecule has 124 valence electrons. The van der Waals surface area contributed by atoms with E-state index in [4.69, 9.17) is 4.74 Å². The fraction of sp³-hybridized carbons (Fsp3) is 0.800. The van der Waals surface area contributed by atoms with Crippen LogP contribution < -0.4 is 5.32 Å². The van der Waals surface area contributed by atoms with Crippen molar-refractivity contribution in [3.05, 3.63) is 0 Å². The lowest BCUT2D eigenvalue weighted by atomic mass is 10.2. The molecular formula is C15H25N3O4. The van der Waals surface area contributed by atoms with E-state index in [1.165, 1.54) is 0 Å². The number of carbonyl (C=O) groups is 3. The maximum atomic E-state index is 12.4. The van der Waals surface area contributed by atoms with E-state index in [-0.39, 0.29) is 35.8 Å². The number of piperazine rings is 1. The number of nitrogens with zero attached hydrogens (tertiary/aromatic N) is 2. The molecule has 0 aromatic heterocycles. The van der Waals surface area contributed by atoms with Crippen LogP contribution in [0.25, 0.3) is 0 Å². The smallest absolute Gasteiger partial charge is 0.409 e. The highest BCUT2D eigenvalue weighted by molar-refractivity contribution is 5.92. The van der Waals surface area contributed by atoms with E-state index in [9.17, 15) is 14.4 Å². The molecule has 22 heavy (non-hydrogen) atoms. The SMILES string of the molecule is CCOC(=O)N1CCN(C(=O)C2CC2C(=O)NC(C)C)CC1. The van der Waals surface area contributed by atoms with Crippen LogP contribution in [0.4, 0.5) is 4.79 Å². The van der Waals surface area contributed by atoms with E-state index in [0.29, 0.717) is 39.2 Å². The second-order valence-electron chi connectivity index (χ2n) is 6.12. The summed E-state index contributed by atoms with van der Waals surface area (Å²) in [6.07, 6.45) is 0.311.